The van der Waals surface area contributed by atoms with E-state index in [0.29, 0.717) is 11.6 Å². The maximum atomic E-state index is 11.9. The van der Waals surface area contributed by atoms with Crippen LogP contribution in [0.25, 0.3) is 12.2 Å². The smallest absolute Gasteiger partial charge is 0.363 e. The number of hydrogen-bond acceptors (Lipinski definition) is 3. The highest BCUT2D eigenvalue weighted by Gasteiger charge is 2.20. The van der Waals surface area contributed by atoms with Gasteiger partial charge in [0.1, 0.15) is 0 Å². The summed E-state index contributed by atoms with van der Waals surface area (Å²) >= 11 is 0. The van der Waals surface area contributed by atoms with Gasteiger partial charge in [0.15, 0.2) is 5.70 Å². The van der Waals surface area contributed by atoms with Crippen molar-refractivity contribution in [3.05, 3.63) is 82.6 Å². The minimum atomic E-state index is -0.422. The Morgan fingerprint density at radius 3 is 2.00 bits per heavy atom. The Hall–Kier alpha value is -2.94. The van der Waals surface area contributed by atoms with E-state index in [1.54, 1.807) is 12.2 Å². The molecular formula is C20H17NO2. The van der Waals surface area contributed by atoms with Crippen LogP contribution >= 0.6 is 0 Å². The third-order valence-electron chi connectivity index (χ3n) is 3.51. The highest BCUT2D eigenvalue weighted by Crippen LogP contribution is 2.17. The number of carbonyl (C=O) groups is 1. The molecule has 1 aliphatic rings. The van der Waals surface area contributed by atoms with Crippen molar-refractivity contribution in [1.29, 1.82) is 0 Å². The number of carbonyl (C=O) groups excluding carboxylic acids is 1. The molecule has 0 unspecified atom stereocenters. The topological polar surface area (TPSA) is 38.7 Å². The first-order chi connectivity index (χ1) is 11.1. The van der Waals surface area contributed by atoms with E-state index in [4.69, 9.17) is 4.74 Å². The first-order valence-corrected chi connectivity index (χ1v) is 7.44. The molecule has 0 amide bonds. The van der Waals surface area contributed by atoms with Crippen molar-refractivity contribution in [2.24, 2.45) is 4.99 Å². The van der Waals surface area contributed by atoms with E-state index in [1.807, 2.05) is 68.5 Å². The summed E-state index contributed by atoms with van der Waals surface area (Å²) < 4.78 is 5.17. The molecule has 114 valence electrons. The number of ether oxygens (including phenoxy) is 1. The van der Waals surface area contributed by atoms with Crippen LogP contribution in [0.5, 0.6) is 0 Å². The molecule has 0 saturated carbocycles. The standard InChI is InChI=1S/C20H17NO2/c1-14-3-7-16(8-4-14)11-12-19-21-18(20(22)23-19)13-17-9-5-15(2)6-10-17/h3-13H,1-2H3/b12-11+,18-13-. The van der Waals surface area contributed by atoms with E-state index in [-0.39, 0.29) is 0 Å². The molecule has 0 spiro atoms. The minimum absolute atomic E-state index is 0.314. The Bertz CT molecular complexity index is 810. The second kappa shape index (κ2) is 6.44. The molecule has 3 nitrogen and oxygen atoms in total. The van der Waals surface area contributed by atoms with Crippen molar-refractivity contribution in [3.63, 3.8) is 0 Å². The fourth-order valence-electron chi connectivity index (χ4n) is 2.16. The number of hydrogen-bond donors (Lipinski definition) is 0. The first kappa shape index (κ1) is 15.0. The minimum Gasteiger partial charge on any atom is -0.403 e. The van der Waals surface area contributed by atoms with Crippen LogP contribution in [0.3, 0.4) is 0 Å². The van der Waals surface area contributed by atoms with E-state index in [9.17, 15) is 4.79 Å². The average molecular weight is 303 g/mol. The summed E-state index contributed by atoms with van der Waals surface area (Å²) in [6.45, 7) is 4.06. The molecule has 3 rings (SSSR count). The fourth-order valence-corrected chi connectivity index (χ4v) is 2.16. The van der Waals surface area contributed by atoms with Gasteiger partial charge in [-0.15, -0.1) is 0 Å². The monoisotopic (exact) mass is 303 g/mol. The molecule has 0 saturated heterocycles. The van der Waals surface area contributed by atoms with Gasteiger partial charge in [-0.3, -0.25) is 0 Å². The molecule has 0 aromatic heterocycles. The summed E-state index contributed by atoms with van der Waals surface area (Å²) in [7, 11) is 0. The van der Waals surface area contributed by atoms with E-state index in [2.05, 4.69) is 4.99 Å². The number of benzene rings is 2. The second-order valence-corrected chi connectivity index (χ2v) is 5.52. The predicted octanol–water partition coefficient (Wildman–Crippen LogP) is 4.31. The Kier molecular flexibility index (Phi) is 4.20. The van der Waals surface area contributed by atoms with Gasteiger partial charge in [-0.2, -0.15) is 0 Å². The van der Waals surface area contributed by atoms with Gasteiger partial charge in [0, 0.05) is 6.08 Å². The Balaban J connectivity index is 1.78. The first-order valence-electron chi connectivity index (χ1n) is 7.44. The van der Waals surface area contributed by atoms with Crippen molar-refractivity contribution >= 4 is 24.0 Å². The zero-order chi connectivity index (χ0) is 16.2. The van der Waals surface area contributed by atoms with Crippen LogP contribution in [0.2, 0.25) is 0 Å². The predicted molar refractivity (Wildman–Crippen MR) is 92.9 cm³/mol. The molecule has 0 fully saturated rings. The highest BCUT2D eigenvalue weighted by atomic mass is 16.6. The van der Waals surface area contributed by atoms with Gasteiger partial charge >= 0.3 is 5.97 Å². The summed E-state index contributed by atoms with van der Waals surface area (Å²) in [5, 5.41) is 0. The van der Waals surface area contributed by atoms with Crippen LogP contribution in [0, 0.1) is 13.8 Å². The molecule has 0 bridgehead atoms. The maximum Gasteiger partial charge on any atom is 0.363 e. The summed E-state index contributed by atoms with van der Waals surface area (Å²) in [6, 6.07) is 16.0. The number of cyclic esters (lactones) is 1. The van der Waals surface area contributed by atoms with Crippen LogP contribution in [0.15, 0.2) is 65.3 Å². The quantitative estimate of drug-likeness (QED) is 0.626. The zero-order valence-corrected chi connectivity index (χ0v) is 13.1. The molecule has 1 heterocycles. The summed E-state index contributed by atoms with van der Waals surface area (Å²) in [5.41, 5.74) is 4.65. The lowest BCUT2D eigenvalue weighted by molar-refractivity contribution is -0.129. The van der Waals surface area contributed by atoms with E-state index < -0.39 is 5.97 Å². The van der Waals surface area contributed by atoms with Crippen LogP contribution in [-0.2, 0) is 9.53 Å². The van der Waals surface area contributed by atoms with Crippen molar-refractivity contribution in [1.82, 2.24) is 0 Å². The zero-order valence-electron chi connectivity index (χ0n) is 13.1. The van der Waals surface area contributed by atoms with E-state index >= 15 is 0 Å². The SMILES string of the molecule is Cc1ccc(/C=C2N=C(/C=C/c3ccc(C)cc3)OC\2=O)cc1. The van der Waals surface area contributed by atoms with Crippen LogP contribution in [0.4, 0.5) is 0 Å². The molecule has 23 heavy (non-hydrogen) atoms. The molecule has 3 heteroatoms. The third kappa shape index (κ3) is 3.83. The molecule has 0 N–H and O–H groups in total. The molecule has 0 radical (unpaired) electrons. The second-order valence-electron chi connectivity index (χ2n) is 5.52. The van der Waals surface area contributed by atoms with Crippen molar-refractivity contribution in [2.45, 2.75) is 13.8 Å². The number of rotatable bonds is 3. The number of aliphatic imine (C=N–C) groups is 1. The van der Waals surface area contributed by atoms with Crippen LogP contribution < -0.4 is 0 Å². The largest absolute Gasteiger partial charge is 0.403 e. The lowest BCUT2D eigenvalue weighted by Gasteiger charge is -1.95. The van der Waals surface area contributed by atoms with Crippen molar-refractivity contribution < 1.29 is 9.53 Å². The average Bonchev–Trinajstić information content (AvgIpc) is 2.89. The Morgan fingerprint density at radius 1 is 0.826 bits per heavy atom. The third-order valence-corrected chi connectivity index (χ3v) is 3.51. The lowest BCUT2D eigenvalue weighted by atomic mass is 10.1. The Labute approximate surface area is 135 Å². The van der Waals surface area contributed by atoms with Gasteiger partial charge in [-0.1, -0.05) is 59.7 Å². The summed E-state index contributed by atoms with van der Waals surface area (Å²) in [6.07, 6.45) is 5.31. The van der Waals surface area contributed by atoms with Gasteiger partial charge < -0.3 is 4.74 Å². The molecular weight excluding hydrogens is 286 g/mol. The van der Waals surface area contributed by atoms with Gasteiger partial charge in [-0.05, 0) is 37.1 Å². The number of aryl methyl sites for hydroxylation is 2. The molecule has 1 aliphatic heterocycles. The van der Waals surface area contributed by atoms with Gasteiger partial charge in [0.25, 0.3) is 0 Å². The van der Waals surface area contributed by atoms with Gasteiger partial charge in [0.2, 0.25) is 5.90 Å². The molecule has 0 atom stereocenters. The maximum absolute atomic E-state index is 11.9. The summed E-state index contributed by atoms with van der Waals surface area (Å²) in [4.78, 5) is 16.1. The molecule has 0 aliphatic carbocycles. The van der Waals surface area contributed by atoms with Crippen molar-refractivity contribution in [3.8, 4) is 0 Å². The molecule has 2 aromatic rings. The highest BCUT2D eigenvalue weighted by molar-refractivity contribution is 6.11. The normalized spacial score (nSPS) is 16.0. The summed E-state index contributed by atoms with van der Waals surface area (Å²) in [5.74, 6) is -0.108. The van der Waals surface area contributed by atoms with Crippen molar-refractivity contribution in [2.75, 3.05) is 0 Å². The van der Waals surface area contributed by atoms with Gasteiger partial charge in [-0.25, -0.2) is 9.79 Å². The number of nitrogens with zero attached hydrogens (tertiary/aromatic N) is 1. The Morgan fingerprint density at radius 2 is 1.39 bits per heavy atom. The van der Waals surface area contributed by atoms with Gasteiger partial charge in [0.05, 0.1) is 0 Å². The number of esters is 1. The van der Waals surface area contributed by atoms with Crippen LogP contribution in [-0.4, -0.2) is 11.9 Å². The van der Waals surface area contributed by atoms with Crippen LogP contribution in [0.1, 0.15) is 22.3 Å². The fraction of sp³-hybridized carbons (Fsp3) is 0.100. The lowest BCUT2D eigenvalue weighted by Crippen LogP contribution is -2.01. The van der Waals surface area contributed by atoms with E-state index in [1.165, 1.54) is 11.1 Å². The van der Waals surface area contributed by atoms with E-state index in [0.717, 1.165) is 11.1 Å². The molecule has 2 aromatic carbocycles.